The van der Waals surface area contributed by atoms with Crippen LogP contribution in [0.3, 0.4) is 0 Å². The molecule has 0 aromatic carbocycles. The zero-order valence-electron chi connectivity index (χ0n) is 10.3. The molecule has 0 spiro atoms. The smallest absolute Gasteiger partial charge is 0.391 e. The molecule has 2 aliphatic rings. The second-order valence-electron chi connectivity index (χ2n) is 5.18. The average Bonchev–Trinajstić information content (AvgIpc) is 3.17. The van der Waals surface area contributed by atoms with Crippen molar-refractivity contribution in [2.45, 2.75) is 31.9 Å². The van der Waals surface area contributed by atoms with Crippen LogP contribution in [0.5, 0.6) is 0 Å². The molecule has 5 nitrogen and oxygen atoms in total. The van der Waals surface area contributed by atoms with Crippen LogP contribution in [0.15, 0.2) is 5.16 Å². The van der Waals surface area contributed by atoms with Gasteiger partial charge in [0.25, 0.3) is 0 Å². The highest BCUT2D eigenvalue weighted by Crippen LogP contribution is 2.48. The molecular weight excluding hydrogens is 263 g/mol. The number of alkyl halides is 3. The van der Waals surface area contributed by atoms with Crippen LogP contribution in [0.1, 0.15) is 25.7 Å². The first-order chi connectivity index (χ1) is 8.81. The topological polar surface area (TPSA) is 78.9 Å². The van der Waals surface area contributed by atoms with Crippen molar-refractivity contribution >= 4 is 11.7 Å². The third-order valence-electron chi connectivity index (χ3n) is 4.00. The molecule has 19 heavy (non-hydrogen) atoms. The van der Waals surface area contributed by atoms with Crippen LogP contribution in [0, 0.1) is 11.3 Å². The van der Waals surface area contributed by atoms with Crippen LogP contribution < -0.4 is 5.73 Å². The predicted molar refractivity (Wildman–Crippen MR) is 60.4 cm³/mol. The Bertz CT molecular complexity index is 396. The number of likely N-dealkylation sites (tertiary alicyclic amines) is 1. The third-order valence-corrected chi connectivity index (χ3v) is 4.00. The Hall–Kier alpha value is -1.47. The first-order valence-electron chi connectivity index (χ1n) is 6.15. The summed E-state index contributed by atoms with van der Waals surface area (Å²) in [6, 6.07) is 0. The summed E-state index contributed by atoms with van der Waals surface area (Å²) in [4.78, 5) is 13.6. The number of oxime groups is 1. The van der Waals surface area contributed by atoms with E-state index in [1.54, 1.807) is 0 Å². The lowest BCUT2D eigenvalue weighted by Crippen LogP contribution is -2.48. The van der Waals surface area contributed by atoms with Crippen molar-refractivity contribution in [1.29, 1.82) is 0 Å². The normalized spacial score (nSPS) is 24.4. The number of hydrogen-bond acceptors (Lipinski definition) is 3. The molecule has 1 saturated heterocycles. The molecule has 0 bridgehead atoms. The maximum Gasteiger partial charge on any atom is 0.391 e. The highest BCUT2D eigenvalue weighted by atomic mass is 19.4. The summed E-state index contributed by atoms with van der Waals surface area (Å²) in [5.74, 6) is -1.80. The second kappa shape index (κ2) is 4.57. The van der Waals surface area contributed by atoms with Gasteiger partial charge in [-0.15, -0.1) is 0 Å². The third kappa shape index (κ3) is 2.48. The highest BCUT2D eigenvalue weighted by molar-refractivity contribution is 6.09. The van der Waals surface area contributed by atoms with Gasteiger partial charge in [0.1, 0.15) is 5.41 Å². The van der Waals surface area contributed by atoms with Crippen LogP contribution in [-0.4, -0.2) is 41.1 Å². The number of carbonyl (C=O) groups is 1. The Morgan fingerprint density at radius 1 is 1.32 bits per heavy atom. The van der Waals surface area contributed by atoms with Crippen molar-refractivity contribution in [3.63, 3.8) is 0 Å². The highest BCUT2D eigenvalue weighted by Gasteiger charge is 2.56. The molecule has 1 aliphatic carbocycles. The van der Waals surface area contributed by atoms with E-state index >= 15 is 0 Å². The minimum Gasteiger partial charge on any atom is -0.409 e. The minimum absolute atomic E-state index is 0.0729. The Kier molecular flexibility index (Phi) is 3.36. The molecule has 108 valence electrons. The Morgan fingerprint density at radius 2 is 1.84 bits per heavy atom. The molecule has 1 amide bonds. The molecule has 2 fully saturated rings. The van der Waals surface area contributed by atoms with Gasteiger partial charge in [-0.3, -0.25) is 4.79 Å². The number of piperidine rings is 1. The number of carbonyl (C=O) groups excluding carboxylic acids is 1. The molecule has 1 aliphatic heterocycles. The van der Waals surface area contributed by atoms with Gasteiger partial charge in [-0.05, 0) is 25.7 Å². The molecule has 2 rings (SSSR count). The van der Waals surface area contributed by atoms with E-state index in [0.717, 1.165) is 0 Å². The van der Waals surface area contributed by atoms with Crippen molar-refractivity contribution in [3.8, 4) is 0 Å². The van der Waals surface area contributed by atoms with Gasteiger partial charge in [0.2, 0.25) is 5.91 Å². The van der Waals surface area contributed by atoms with E-state index in [2.05, 4.69) is 5.16 Å². The van der Waals surface area contributed by atoms with Gasteiger partial charge in [0.05, 0.1) is 5.92 Å². The molecular formula is C11H16F3N3O2. The lowest BCUT2D eigenvalue weighted by Gasteiger charge is -2.34. The van der Waals surface area contributed by atoms with E-state index < -0.39 is 17.5 Å². The summed E-state index contributed by atoms with van der Waals surface area (Å²) >= 11 is 0. The van der Waals surface area contributed by atoms with E-state index in [4.69, 9.17) is 10.9 Å². The van der Waals surface area contributed by atoms with Crippen molar-refractivity contribution in [3.05, 3.63) is 0 Å². The Morgan fingerprint density at radius 3 is 2.21 bits per heavy atom. The van der Waals surface area contributed by atoms with Gasteiger partial charge < -0.3 is 15.8 Å². The Balaban J connectivity index is 1.97. The van der Waals surface area contributed by atoms with E-state index in [1.807, 2.05) is 0 Å². The molecule has 0 unspecified atom stereocenters. The van der Waals surface area contributed by atoms with Gasteiger partial charge in [-0.1, -0.05) is 5.16 Å². The van der Waals surface area contributed by atoms with Crippen LogP contribution in [0.2, 0.25) is 0 Å². The van der Waals surface area contributed by atoms with Crippen LogP contribution in [0.4, 0.5) is 13.2 Å². The van der Waals surface area contributed by atoms with Gasteiger partial charge in [-0.25, -0.2) is 0 Å². The fourth-order valence-corrected chi connectivity index (χ4v) is 2.51. The molecule has 0 radical (unpaired) electrons. The fraction of sp³-hybridized carbons (Fsp3) is 0.818. The van der Waals surface area contributed by atoms with Gasteiger partial charge in [-0.2, -0.15) is 13.2 Å². The number of amides is 1. The van der Waals surface area contributed by atoms with E-state index in [1.165, 1.54) is 4.90 Å². The summed E-state index contributed by atoms with van der Waals surface area (Å²) < 4.78 is 37.6. The van der Waals surface area contributed by atoms with Crippen molar-refractivity contribution in [1.82, 2.24) is 4.90 Å². The van der Waals surface area contributed by atoms with Crippen molar-refractivity contribution < 1.29 is 23.2 Å². The van der Waals surface area contributed by atoms with E-state index in [0.29, 0.717) is 12.8 Å². The maximum atomic E-state index is 12.5. The number of nitrogens with two attached hydrogens (primary N) is 1. The minimum atomic E-state index is -4.20. The monoisotopic (exact) mass is 279 g/mol. The number of nitrogens with zero attached hydrogens (tertiary/aromatic N) is 2. The number of amidine groups is 1. The molecule has 0 aromatic heterocycles. The molecule has 8 heteroatoms. The number of hydrogen-bond donors (Lipinski definition) is 2. The SMILES string of the molecule is NC(=NO)C1(C(=O)N2CCC(C(F)(F)F)CC2)CC1. The molecule has 0 atom stereocenters. The van der Waals surface area contributed by atoms with Crippen molar-refractivity contribution in [2.75, 3.05) is 13.1 Å². The summed E-state index contributed by atoms with van der Waals surface area (Å²) in [5.41, 5.74) is 4.52. The largest absolute Gasteiger partial charge is 0.409 e. The zero-order chi connectivity index (χ0) is 14.3. The second-order valence-corrected chi connectivity index (χ2v) is 5.18. The lowest BCUT2D eigenvalue weighted by molar-refractivity contribution is -0.186. The molecule has 1 saturated carbocycles. The summed E-state index contributed by atoms with van der Waals surface area (Å²) in [5, 5.41) is 11.5. The average molecular weight is 279 g/mol. The quantitative estimate of drug-likeness (QED) is 0.346. The first-order valence-corrected chi connectivity index (χ1v) is 6.15. The summed E-state index contributed by atoms with van der Waals surface area (Å²) in [7, 11) is 0. The van der Waals surface area contributed by atoms with Gasteiger partial charge in [0, 0.05) is 13.1 Å². The van der Waals surface area contributed by atoms with Crippen LogP contribution in [-0.2, 0) is 4.79 Å². The van der Waals surface area contributed by atoms with Gasteiger partial charge in [0.15, 0.2) is 5.84 Å². The molecule has 3 N–H and O–H groups in total. The number of halogens is 3. The van der Waals surface area contributed by atoms with E-state index in [9.17, 15) is 18.0 Å². The van der Waals surface area contributed by atoms with Crippen LogP contribution in [0.25, 0.3) is 0 Å². The van der Waals surface area contributed by atoms with Crippen molar-refractivity contribution in [2.24, 2.45) is 22.2 Å². The first kappa shape index (κ1) is 14.0. The van der Waals surface area contributed by atoms with Gasteiger partial charge >= 0.3 is 6.18 Å². The summed E-state index contributed by atoms with van der Waals surface area (Å²) in [6.45, 7) is 0.146. The molecule has 0 aromatic rings. The van der Waals surface area contributed by atoms with Crippen LogP contribution >= 0.6 is 0 Å². The maximum absolute atomic E-state index is 12.5. The Labute approximate surface area is 108 Å². The lowest BCUT2D eigenvalue weighted by atomic mass is 9.94. The summed E-state index contributed by atoms with van der Waals surface area (Å²) in [6.07, 6.45) is -3.39. The van der Waals surface area contributed by atoms with E-state index in [-0.39, 0.29) is 37.7 Å². The predicted octanol–water partition coefficient (Wildman–Crippen LogP) is 1.31. The number of rotatable bonds is 2. The zero-order valence-corrected chi connectivity index (χ0v) is 10.3. The standard InChI is InChI=1S/C11H16F3N3O2/c12-11(13,14)7-1-5-17(6-2-7)9(18)10(3-4-10)8(15)16-19/h7,19H,1-6H2,(H2,15,16). The molecule has 1 heterocycles. The fourth-order valence-electron chi connectivity index (χ4n) is 2.51.